The van der Waals surface area contributed by atoms with Gasteiger partial charge >= 0.3 is 0 Å². The summed E-state index contributed by atoms with van der Waals surface area (Å²) in [7, 11) is 0. The Bertz CT molecular complexity index is 403. The van der Waals surface area contributed by atoms with Gasteiger partial charge in [-0.1, -0.05) is 6.07 Å². The summed E-state index contributed by atoms with van der Waals surface area (Å²) in [4.78, 5) is 0. The van der Waals surface area contributed by atoms with Crippen LogP contribution >= 0.6 is 0 Å². The van der Waals surface area contributed by atoms with E-state index in [1.165, 1.54) is 0 Å². The summed E-state index contributed by atoms with van der Waals surface area (Å²) in [6, 6.07) is 4.04. The lowest BCUT2D eigenvalue weighted by atomic mass is 9.85. The van der Waals surface area contributed by atoms with Crippen LogP contribution in [0.25, 0.3) is 0 Å². The number of rotatable bonds is 1. The van der Waals surface area contributed by atoms with Crippen LogP contribution in [0.3, 0.4) is 0 Å². The van der Waals surface area contributed by atoms with E-state index < -0.39 is 5.60 Å². The van der Waals surface area contributed by atoms with Crippen LogP contribution in [-0.2, 0) is 5.60 Å². The monoisotopic (exact) mass is 221 g/mol. The van der Waals surface area contributed by atoms with E-state index in [-0.39, 0.29) is 6.54 Å². The minimum absolute atomic E-state index is 0.243. The number of nitrogens with two attached hydrogens (primary N) is 1. The van der Waals surface area contributed by atoms with Crippen LogP contribution < -0.4 is 10.5 Å². The highest BCUT2D eigenvalue weighted by Gasteiger charge is 2.34. The molecule has 0 aromatic heterocycles. The average Bonchev–Trinajstić information content (AvgIpc) is 2.38. The molecule has 3 heteroatoms. The van der Waals surface area contributed by atoms with Crippen molar-refractivity contribution in [3.63, 3.8) is 0 Å². The van der Waals surface area contributed by atoms with Crippen molar-refractivity contribution in [2.45, 2.75) is 32.3 Å². The van der Waals surface area contributed by atoms with Gasteiger partial charge < -0.3 is 15.6 Å². The van der Waals surface area contributed by atoms with E-state index in [1.54, 1.807) is 0 Å². The van der Waals surface area contributed by atoms with E-state index in [9.17, 15) is 5.11 Å². The van der Waals surface area contributed by atoms with E-state index in [0.29, 0.717) is 13.0 Å². The SMILES string of the molecule is Cc1cc(C)c2c(c1)OCCCC2(O)CN. The van der Waals surface area contributed by atoms with Crippen molar-refractivity contribution in [3.05, 3.63) is 28.8 Å². The fourth-order valence-electron chi connectivity index (χ4n) is 2.51. The molecule has 3 nitrogen and oxygen atoms in total. The second-order valence-electron chi connectivity index (χ2n) is 4.64. The predicted molar refractivity (Wildman–Crippen MR) is 63.6 cm³/mol. The Kier molecular flexibility index (Phi) is 2.91. The molecule has 0 bridgehead atoms. The summed E-state index contributed by atoms with van der Waals surface area (Å²) in [5.41, 5.74) is 7.88. The van der Waals surface area contributed by atoms with E-state index in [2.05, 4.69) is 6.07 Å². The number of aliphatic hydroxyl groups is 1. The molecular formula is C13H19NO2. The number of fused-ring (bicyclic) bond motifs is 1. The van der Waals surface area contributed by atoms with Gasteiger partial charge in [0, 0.05) is 12.1 Å². The third kappa shape index (κ3) is 1.81. The molecule has 0 amide bonds. The molecule has 2 rings (SSSR count). The first-order chi connectivity index (χ1) is 7.57. The lowest BCUT2D eigenvalue weighted by Crippen LogP contribution is -2.35. The summed E-state index contributed by atoms with van der Waals surface area (Å²) < 4.78 is 5.69. The third-order valence-corrected chi connectivity index (χ3v) is 3.24. The van der Waals surface area contributed by atoms with Crippen molar-refractivity contribution in [1.29, 1.82) is 0 Å². The Hall–Kier alpha value is -1.06. The second-order valence-corrected chi connectivity index (χ2v) is 4.64. The zero-order valence-corrected chi connectivity index (χ0v) is 9.92. The molecule has 1 atom stereocenters. The van der Waals surface area contributed by atoms with E-state index in [1.807, 2.05) is 19.9 Å². The summed E-state index contributed by atoms with van der Waals surface area (Å²) in [6.07, 6.45) is 1.50. The zero-order chi connectivity index (χ0) is 11.8. The van der Waals surface area contributed by atoms with Gasteiger partial charge in [0.25, 0.3) is 0 Å². The quantitative estimate of drug-likeness (QED) is 0.757. The van der Waals surface area contributed by atoms with Gasteiger partial charge in [0.2, 0.25) is 0 Å². The minimum atomic E-state index is -0.927. The molecule has 1 aromatic carbocycles. The number of aryl methyl sites for hydroxylation is 2. The smallest absolute Gasteiger partial charge is 0.125 e. The van der Waals surface area contributed by atoms with Crippen LogP contribution in [0.15, 0.2) is 12.1 Å². The van der Waals surface area contributed by atoms with Crippen molar-refractivity contribution in [3.8, 4) is 5.75 Å². The number of benzene rings is 1. The van der Waals surface area contributed by atoms with Gasteiger partial charge in [-0.15, -0.1) is 0 Å². The minimum Gasteiger partial charge on any atom is -0.493 e. The molecule has 1 aliphatic rings. The van der Waals surface area contributed by atoms with Crippen molar-refractivity contribution < 1.29 is 9.84 Å². The van der Waals surface area contributed by atoms with Crippen LogP contribution in [0.2, 0.25) is 0 Å². The Morgan fingerprint density at radius 3 is 2.88 bits per heavy atom. The molecule has 0 fully saturated rings. The lowest BCUT2D eigenvalue weighted by Gasteiger charge is -2.28. The van der Waals surface area contributed by atoms with E-state index in [4.69, 9.17) is 10.5 Å². The summed E-state index contributed by atoms with van der Waals surface area (Å²) in [5.74, 6) is 0.794. The maximum Gasteiger partial charge on any atom is 0.125 e. The Morgan fingerprint density at radius 1 is 1.44 bits per heavy atom. The van der Waals surface area contributed by atoms with Gasteiger partial charge in [0.05, 0.1) is 6.61 Å². The maximum absolute atomic E-state index is 10.6. The summed E-state index contributed by atoms with van der Waals surface area (Å²) in [5, 5.41) is 10.6. The Balaban J connectivity index is 2.61. The first-order valence-electron chi connectivity index (χ1n) is 5.74. The molecule has 0 saturated carbocycles. The maximum atomic E-state index is 10.6. The lowest BCUT2D eigenvalue weighted by molar-refractivity contribution is 0.0368. The number of ether oxygens (including phenoxy) is 1. The molecule has 16 heavy (non-hydrogen) atoms. The molecule has 0 aliphatic carbocycles. The first kappa shape index (κ1) is 11.4. The largest absolute Gasteiger partial charge is 0.493 e. The Labute approximate surface area is 96.2 Å². The molecule has 1 heterocycles. The molecule has 0 saturated heterocycles. The van der Waals surface area contributed by atoms with Crippen molar-refractivity contribution in [2.24, 2.45) is 5.73 Å². The first-order valence-corrected chi connectivity index (χ1v) is 5.74. The fourth-order valence-corrected chi connectivity index (χ4v) is 2.51. The predicted octanol–water partition coefficient (Wildman–Crippen LogP) is 1.62. The molecule has 1 aromatic rings. The molecular weight excluding hydrogens is 202 g/mol. The van der Waals surface area contributed by atoms with E-state index >= 15 is 0 Å². The van der Waals surface area contributed by atoms with Crippen molar-refractivity contribution in [1.82, 2.24) is 0 Å². The van der Waals surface area contributed by atoms with Crippen LogP contribution in [0.5, 0.6) is 5.75 Å². The highest BCUT2D eigenvalue weighted by Crippen LogP contribution is 2.38. The standard InChI is InChI=1S/C13H19NO2/c1-9-6-10(2)12-11(7-9)16-5-3-4-13(12,15)8-14/h6-7,15H,3-5,8,14H2,1-2H3. The molecule has 0 spiro atoms. The van der Waals surface area contributed by atoms with Crippen LogP contribution in [-0.4, -0.2) is 18.3 Å². The van der Waals surface area contributed by atoms with Crippen LogP contribution in [0.1, 0.15) is 29.5 Å². The molecule has 3 N–H and O–H groups in total. The third-order valence-electron chi connectivity index (χ3n) is 3.24. The van der Waals surface area contributed by atoms with Crippen LogP contribution in [0, 0.1) is 13.8 Å². The molecule has 88 valence electrons. The topological polar surface area (TPSA) is 55.5 Å². The molecule has 0 radical (unpaired) electrons. The second kappa shape index (κ2) is 4.07. The van der Waals surface area contributed by atoms with Gasteiger partial charge in [-0.2, -0.15) is 0 Å². The normalized spacial score (nSPS) is 24.5. The molecule has 1 unspecified atom stereocenters. The number of hydrogen-bond acceptors (Lipinski definition) is 3. The Morgan fingerprint density at radius 2 is 2.19 bits per heavy atom. The van der Waals surface area contributed by atoms with Crippen molar-refractivity contribution >= 4 is 0 Å². The molecule has 1 aliphatic heterocycles. The highest BCUT2D eigenvalue weighted by atomic mass is 16.5. The van der Waals surface area contributed by atoms with Gasteiger partial charge in [-0.25, -0.2) is 0 Å². The number of hydrogen-bond donors (Lipinski definition) is 2. The van der Waals surface area contributed by atoms with Gasteiger partial charge in [-0.05, 0) is 43.9 Å². The summed E-state index contributed by atoms with van der Waals surface area (Å²) in [6.45, 7) is 4.93. The highest BCUT2D eigenvalue weighted by molar-refractivity contribution is 5.47. The fraction of sp³-hybridized carbons (Fsp3) is 0.538. The van der Waals surface area contributed by atoms with Crippen molar-refractivity contribution in [2.75, 3.05) is 13.2 Å². The van der Waals surface area contributed by atoms with Gasteiger partial charge in [0.1, 0.15) is 11.4 Å². The average molecular weight is 221 g/mol. The van der Waals surface area contributed by atoms with Gasteiger partial charge in [0.15, 0.2) is 0 Å². The van der Waals surface area contributed by atoms with Crippen LogP contribution in [0.4, 0.5) is 0 Å². The summed E-state index contributed by atoms with van der Waals surface area (Å²) >= 11 is 0. The zero-order valence-electron chi connectivity index (χ0n) is 9.92. The van der Waals surface area contributed by atoms with E-state index in [0.717, 1.165) is 28.9 Å². The van der Waals surface area contributed by atoms with Gasteiger partial charge in [-0.3, -0.25) is 0 Å².